The van der Waals surface area contributed by atoms with Gasteiger partial charge in [0.2, 0.25) is 5.91 Å². The fraction of sp³-hybridized carbons (Fsp3) is 0.579. The first kappa shape index (κ1) is 23.0. The van der Waals surface area contributed by atoms with E-state index in [0.717, 1.165) is 32.4 Å². The molecule has 1 aromatic carbocycles. The maximum Gasteiger partial charge on any atom is 0.255 e. The molecule has 152 valence electrons. The fourth-order valence-corrected chi connectivity index (χ4v) is 3.12. The molecule has 7 nitrogen and oxygen atoms in total. The quantitative estimate of drug-likeness (QED) is 0.736. The third kappa shape index (κ3) is 6.29. The lowest BCUT2D eigenvalue weighted by atomic mass is 9.93. The second-order valence-electron chi connectivity index (χ2n) is 6.73. The maximum atomic E-state index is 12.5. The van der Waals surface area contributed by atoms with E-state index in [1.54, 1.807) is 26.2 Å². The van der Waals surface area contributed by atoms with E-state index in [-0.39, 0.29) is 24.2 Å². The Morgan fingerprint density at radius 1 is 1.15 bits per heavy atom. The number of hydrogen-bond acceptors (Lipinski definition) is 5. The molecule has 1 aromatic rings. The molecule has 2 rings (SSSR count). The molecule has 1 saturated heterocycles. The number of halogens is 1. The van der Waals surface area contributed by atoms with Crippen LogP contribution in [0, 0.1) is 5.92 Å². The highest BCUT2D eigenvalue weighted by Gasteiger charge is 2.20. The van der Waals surface area contributed by atoms with Gasteiger partial charge in [0.1, 0.15) is 0 Å². The van der Waals surface area contributed by atoms with Gasteiger partial charge in [-0.3, -0.25) is 9.59 Å². The summed E-state index contributed by atoms with van der Waals surface area (Å²) in [6.07, 6.45) is 3.51. The van der Waals surface area contributed by atoms with Crippen molar-refractivity contribution in [2.75, 3.05) is 46.7 Å². The lowest BCUT2D eigenvalue weighted by Gasteiger charge is -2.22. The van der Waals surface area contributed by atoms with Gasteiger partial charge in [0.05, 0.1) is 25.5 Å². The predicted octanol–water partition coefficient (Wildman–Crippen LogP) is 2.55. The Labute approximate surface area is 167 Å². The molecule has 27 heavy (non-hydrogen) atoms. The van der Waals surface area contributed by atoms with Crippen molar-refractivity contribution in [3.8, 4) is 11.5 Å². The van der Waals surface area contributed by atoms with Crippen molar-refractivity contribution in [1.82, 2.24) is 10.2 Å². The van der Waals surface area contributed by atoms with Gasteiger partial charge >= 0.3 is 0 Å². The summed E-state index contributed by atoms with van der Waals surface area (Å²) in [5, 5.41) is 6.20. The molecule has 1 heterocycles. The van der Waals surface area contributed by atoms with Crippen LogP contribution in [-0.2, 0) is 4.79 Å². The summed E-state index contributed by atoms with van der Waals surface area (Å²) >= 11 is 0. The third-order valence-electron chi connectivity index (χ3n) is 4.67. The number of anilines is 1. The largest absolute Gasteiger partial charge is 0.493 e. The highest BCUT2D eigenvalue weighted by molar-refractivity contribution is 6.04. The summed E-state index contributed by atoms with van der Waals surface area (Å²) in [7, 11) is 6.37. The molecule has 0 bridgehead atoms. The molecular weight excluding hydrogens is 370 g/mol. The van der Waals surface area contributed by atoms with Gasteiger partial charge in [0.25, 0.3) is 5.91 Å². The number of methoxy groups -OCH3 is 2. The van der Waals surface area contributed by atoms with Crippen molar-refractivity contribution in [2.45, 2.75) is 25.7 Å². The van der Waals surface area contributed by atoms with E-state index in [1.165, 1.54) is 19.1 Å². The van der Waals surface area contributed by atoms with Crippen LogP contribution in [0.1, 0.15) is 36.0 Å². The first-order valence-electron chi connectivity index (χ1n) is 8.94. The number of hydrogen-bond donors (Lipinski definition) is 2. The average Bonchev–Trinajstić information content (AvgIpc) is 2.66. The Morgan fingerprint density at radius 3 is 2.30 bits per heavy atom. The van der Waals surface area contributed by atoms with E-state index < -0.39 is 0 Å². The Hall–Kier alpha value is -1.99. The lowest BCUT2D eigenvalue weighted by Crippen LogP contribution is -2.28. The first-order chi connectivity index (χ1) is 12.5. The SMILES string of the molecule is COc1cc(NC(=O)CCC2CCNCC2)c(C(=O)N(C)C)cc1OC.Cl. The smallest absolute Gasteiger partial charge is 0.255 e. The van der Waals surface area contributed by atoms with Crippen LogP contribution in [-0.4, -0.2) is 58.1 Å². The molecule has 1 aliphatic rings. The van der Waals surface area contributed by atoms with Crippen molar-refractivity contribution in [2.24, 2.45) is 5.92 Å². The minimum absolute atomic E-state index is 0. The summed E-state index contributed by atoms with van der Waals surface area (Å²) in [5.41, 5.74) is 0.819. The zero-order chi connectivity index (χ0) is 19.1. The average molecular weight is 400 g/mol. The number of piperidine rings is 1. The zero-order valence-electron chi connectivity index (χ0n) is 16.5. The van der Waals surface area contributed by atoms with Gasteiger partial charge in [-0.25, -0.2) is 0 Å². The normalized spacial score (nSPS) is 14.1. The number of nitrogens with zero attached hydrogens (tertiary/aromatic N) is 1. The molecule has 1 fully saturated rings. The van der Waals surface area contributed by atoms with Gasteiger partial charge < -0.3 is 25.0 Å². The number of benzene rings is 1. The van der Waals surface area contributed by atoms with Crippen LogP contribution in [0.2, 0.25) is 0 Å². The Morgan fingerprint density at radius 2 is 1.74 bits per heavy atom. The van der Waals surface area contributed by atoms with Gasteiger partial charge in [-0.1, -0.05) is 0 Å². The molecule has 0 aliphatic carbocycles. The number of ether oxygens (including phenoxy) is 2. The highest BCUT2D eigenvalue weighted by atomic mass is 35.5. The van der Waals surface area contributed by atoms with Gasteiger partial charge in [0, 0.05) is 26.6 Å². The number of rotatable bonds is 7. The van der Waals surface area contributed by atoms with Crippen LogP contribution in [0.5, 0.6) is 11.5 Å². The summed E-state index contributed by atoms with van der Waals surface area (Å²) in [6, 6.07) is 3.24. The van der Waals surface area contributed by atoms with Crippen molar-refractivity contribution in [3.05, 3.63) is 17.7 Å². The van der Waals surface area contributed by atoms with E-state index >= 15 is 0 Å². The molecule has 1 aliphatic heterocycles. The second-order valence-corrected chi connectivity index (χ2v) is 6.73. The predicted molar refractivity (Wildman–Crippen MR) is 108 cm³/mol. The number of carbonyl (C=O) groups is 2. The van der Waals surface area contributed by atoms with Crippen molar-refractivity contribution >= 4 is 29.9 Å². The molecule has 0 radical (unpaired) electrons. The summed E-state index contributed by atoms with van der Waals surface area (Å²) in [4.78, 5) is 26.4. The molecule has 0 atom stereocenters. The molecule has 0 unspecified atom stereocenters. The minimum atomic E-state index is -0.209. The van der Waals surface area contributed by atoms with E-state index in [9.17, 15) is 9.59 Å². The van der Waals surface area contributed by atoms with Crippen molar-refractivity contribution < 1.29 is 19.1 Å². The van der Waals surface area contributed by atoms with Crippen molar-refractivity contribution in [1.29, 1.82) is 0 Å². The summed E-state index contributed by atoms with van der Waals surface area (Å²) in [5.74, 6) is 1.19. The summed E-state index contributed by atoms with van der Waals surface area (Å²) < 4.78 is 10.6. The van der Waals surface area contributed by atoms with Crippen LogP contribution in [0.15, 0.2) is 12.1 Å². The number of carbonyl (C=O) groups excluding carboxylic acids is 2. The highest BCUT2D eigenvalue weighted by Crippen LogP contribution is 2.34. The fourth-order valence-electron chi connectivity index (χ4n) is 3.12. The van der Waals surface area contributed by atoms with E-state index in [4.69, 9.17) is 9.47 Å². The Kier molecular flexibility index (Phi) is 9.38. The van der Waals surface area contributed by atoms with Gasteiger partial charge in [-0.15, -0.1) is 12.4 Å². The molecule has 0 spiro atoms. The standard InChI is InChI=1S/C19H29N3O4.ClH/c1-22(2)19(24)14-11-16(25-3)17(26-4)12-15(14)21-18(23)6-5-13-7-9-20-10-8-13;/h11-13,20H,5-10H2,1-4H3,(H,21,23);1H. The minimum Gasteiger partial charge on any atom is -0.493 e. The van der Waals surface area contributed by atoms with Gasteiger partial charge in [0.15, 0.2) is 11.5 Å². The van der Waals surface area contributed by atoms with E-state index in [1.807, 2.05) is 0 Å². The number of nitrogens with one attached hydrogen (secondary N) is 2. The lowest BCUT2D eigenvalue weighted by molar-refractivity contribution is -0.116. The molecular formula is C19H30ClN3O4. The molecule has 8 heteroatoms. The number of amides is 2. The molecule has 0 saturated carbocycles. The van der Waals surface area contributed by atoms with E-state index in [0.29, 0.717) is 35.1 Å². The third-order valence-corrected chi connectivity index (χ3v) is 4.67. The van der Waals surface area contributed by atoms with Gasteiger partial charge in [-0.2, -0.15) is 0 Å². The van der Waals surface area contributed by atoms with Crippen LogP contribution >= 0.6 is 12.4 Å². The first-order valence-corrected chi connectivity index (χ1v) is 8.94. The van der Waals surface area contributed by atoms with E-state index in [2.05, 4.69) is 10.6 Å². The molecule has 2 N–H and O–H groups in total. The van der Waals surface area contributed by atoms with Crippen LogP contribution in [0.4, 0.5) is 5.69 Å². The Balaban J connectivity index is 0.00000364. The second kappa shape index (κ2) is 11.0. The van der Waals surface area contributed by atoms with Gasteiger partial charge in [-0.05, 0) is 44.3 Å². The van der Waals surface area contributed by atoms with Crippen LogP contribution in [0.25, 0.3) is 0 Å². The summed E-state index contributed by atoms with van der Waals surface area (Å²) in [6.45, 7) is 2.03. The van der Waals surface area contributed by atoms with Crippen molar-refractivity contribution in [3.63, 3.8) is 0 Å². The monoisotopic (exact) mass is 399 g/mol. The van der Waals surface area contributed by atoms with Crippen LogP contribution in [0.3, 0.4) is 0 Å². The van der Waals surface area contributed by atoms with Crippen LogP contribution < -0.4 is 20.1 Å². The maximum absolute atomic E-state index is 12.5. The topological polar surface area (TPSA) is 79.9 Å². The molecule has 0 aromatic heterocycles. The Bertz CT molecular complexity index is 646. The zero-order valence-corrected chi connectivity index (χ0v) is 17.3. The molecule has 2 amide bonds.